The quantitative estimate of drug-likeness (QED) is 0.0929. The van der Waals surface area contributed by atoms with E-state index in [-0.39, 0.29) is 59.0 Å². The van der Waals surface area contributed by atoms with Gasteiger partial charge < -0.3 is 34.8 Å². The number of carboxylic acid groups (broad SMARTS) is 1. The van der Waals surface area contributed by atoms with Gasteiger partial charge in [0.1, 0.15) is 11.3 Å². The van der Waals surface area contributed by atoms with Crippen LogP contribution in [0.5, 0.6) is 5.75 Å². The van der Waals surface area contributed by atoms with Gasteiger partial charge in [-0.1, -0.05) is 24.6 Å². The molecule has 12 nitrogen and oxygen atoms in total. The van der Waals surface area contributed by atoms with Crippen molar-refractivity contribution in [3.8, 4) is 28.2 Å². The number of aliphatic hydroxyl groups excluding tert-OH is 1. The highest BCUT2D eigenvalue weighted by Crippen LogP contribution is 2.42. The molecule has 0 saturated carbocycles. The number of hydrogen-bond acceptors (Lipinski definition) is 8. The molecule has 0 fully saturated rings. The van der Waals surface area contributed by atoms with Crippen LogP contribution in [0.4, 0.5) is 0 Å². The van der Waals surface area contributed by atoms with Gasteiger partial charge in [-0.3, -0.25) is 14.1 Å². The number of aromatic carboxylic acids is 1. The molecule has 216 valence electrons. The van der Waals surface area contributed by atoms with Crippen LogP contribution in [-0.4, -0.2) is 51.6 Å². The fourth-order valence-electron chi connectivity index (χ4n) is 4.51. The van der Waals surface area contributed by atoms with Crippen molar-refractivity contribution in [2.24, 2.45) is 5.92 Å². The first-order chi connectivity index (χ1) is 19.5. The van der Waals surface area contributed by atoms with Gasteiger partial charge in [0.2, 0.25) is 0 Å². The summed E-state index contributed by atoms with van der Waals surface area (Å²) in [7, 11) is -4.63. The number of fused-ring (bicyclic) bond motifs is 2. The van der Waals surface area contributed by atoms with Crippen LogP contribution in [-0.2, 0) is 9.09 Å². The number of carboxylic acids is 1. The van der Waals surface area contributed by atoms with Crippen molar-refractivity contribution < 1.29 is 48.2 Å². The van der Waals surface area contributed by atoms with Crippen LogP contribution in [0.1, 0.15) is 40.0 Å². The molecule has 41 heavy (non-hydrogen) atoms. The minimum absolute atomic E-state index is 0.104. The Morgan fingerprint density at radius 2 is 1.78 bits per heavy atom. The Bertz CT molecular complexity index is 1660. The number of unbranched alkanes of at least 4 members (excludes halogenated alkanes) is 1. The molecule has 1 heterocycles. The standard InChI is InChI=1S/C28H28NO11P/c30-14-16(15-39-41(36,37)38)3-1-2-10-29-27(33)17-4-7-20(23(11-17)28(34)35)26-21-8-5-18(31)12-24(21)40-25-13-19(32)6-9-22(25)26/h4-9,11-13,16,30-31H,1-3,10,14-15H2,(H,29,33)(H,34,35)(H2,36,37,38)/p-1. The number of amides is 1. The van der Waals surface area contributed by atoms with Crippen molar-refractivity contribution in [3.05, 3.63) is 75.9 Å². The van der Waals surface area contributed by atoms with Crippen LogP contribution in [0.15, 0.2) is 63.8 Å². The van der Waals surface area contributed by atoms with Gasteiger partial charge in [0.25, 0.3) is 5.91 Å². The summed E-state index contributed by atoms with van der Waals surface area (Å²) in [6.07, 6.45) is 1.44. The summed E-state index contributed by atoms with van der Waals surface area (Å²) < 4.78 is 21.0. The first kappa shape index (κ1) is 29.9. The largest absolute Gasteiger partial charge is 0.872 e. The minimum Gasteiger partial charge on any atom is -0.872 e. The van der Waals surface area contributed by atoms with E-state index in [0.29, 0.717) is 35.8 Å². The zero-order valence-corrected chi connectivity index (χ0v) is 22.5. The highest BCUT2D eigenvalue weighted by Gasteiger charge is 2.23. The van der Waals surface area contributed by atoms with Gasteiger partial charge in [-0.2, -0.15) is 0 Å². The first-order valence-electron chi connectivity index (χ1n) is 12.6. The van der Waals surface area contributed by atoms with Crippen molar-refractivity contribution in [2.75, 3.05) is 19.8 Å². The molecule has 0 aromatic heterocycles. The summed E-state index contributed by atoms with van der Waals surface area (Å²) in [5.41, 5.74) is 0.962. The molecule has 1 amide bonds. The van der Waals surface area contributed by atoms with E-state index in [4.69, 9.17) is 14.2 Å². The molecule has 2 aromatic carbocycles. The molecule has 0 spiro atoms. The van der Waals surface area contributed by atoms with Crippen molar-refractivity contribution in [1.82, 2.24) is 5.32 Å². The molecule has 4 rings (SSSR count). The molecule has 1 atom stereocenters. The Kier molecular flexibility index (Phi) is 9.21. The van der Waals surface area contributed by atoms with Crippen LogP contribution >= 0.6 is 7.82 Å². The zero-order chi connectivity index (χ0) is 29.7. The number of carbonyl (C=O) groups is 2. The smallest absolute Gasteiger partial charge is 0.469 e. The van der Waals surface area contributed by atoms with E-state index in [9.17, 15) is 34.3 Å². The SMILES string of the molecule is O=C(NCCCCC(CO)COP(=O)(O)O)c1ccc(-c2c3ccc(=O)cc-3oc3cc([O-])ccc23)c(C(=O)O)c1. The van der Waals surface area contributed by atoms with Gasteiger partial charge in [0.15, 0.2) is 5.43 Å². The van der Waals surface area contributed by atoms with Crippen molar-refractivity contribution in [3.63, 3.8) is 0 Å². The van der Waals surface area contributed by atoms with E-state index in [1.807, 2.05) is 0 Å². The van der Waals surface area contributed by atoms with Crippen molar-refractivity contribution in [1.29, 1.82) is 0 Å². The molecule has 5 N–H and O–H groups in total. The molecule has 13 heteroatoms. The van der Waals surface area contributed by atoms with Gasteiger partial charge >= 0.3 is 13.8 Å². The molecule has 0 bridgehead atoms. The maximum absolute atomic E-state index is 12.8. The Morgan fingerprint density at radius 1 is 1.02 bits per heavy atom. The summed E-state index contributed by atoms with van der Waals surface area (Å²) in [5.74, 6) is -2.41. The third-order valence-corrected chi connectivity index (χ3v) is 6.99. The average molecular weight is 584 g/mol. The summed E-state index contributed by atoms with van der Waals surface area (Å²) in [6, 6.07) is 12.4. The highest BCUT2D eigenvalue weighted by atomic mass is 31.2. The van der Waals surface area contributed by atoms with Crippen LogP contribution in [0, 0.1) is 5.92 Å². The fraction of sp³-hybridized carbons (Fsp3) is 0.250. The monoisotopic (exact) mass is 584 g/mol. The number of phosphoric ester groups is 1. The number of aliphatic hydroxyl groups is 1. The summed E-state index contributed by atoms with van der Waals surface area (Å²) in [6.45, 7) is -0.370. The lowest BCUT2D eigenvalue weighted by molar-refractivity contribution is -0.268. The molecule has 2 aliphatic rings. The van der Waals surface area contributed by atoms with E-state index < -0.39 is 25.6 Å². The second-order valence-electron chi connectivity index (χ2n) is 9.45. The normalized spacial score (nSPS) is 12.5. The number of benzene rings is 3. The third kappa shape index (κ3) is 7.37. The van der Waals surface area contributed by atoms with Gasteiger partial charge in [-0.25, -0.2) is 9.36 Å². The Hall–Kier alpha value is -4.06. The maximum atomic E-state index is 12.8. The molecule has 2 aromatic rings. The number of phosphoric acid groups is 1. The van der Waals surface area contributed by atoms with Crippen molar-refractivity contribution >= 4 is 30.7 Å². The maximum Gasteiger partial charge on any atom is 0.469 e. The van der Waals surface area contributed by atoms with E-state index >= 15 is 0 Å². The summed E-state index contributed by atoms with van der Waals surface area (Å²) >= 11 is 0. The second-order valence-corrected chi connectivity index (χ2v) is 10.7. The van der Waals surface area contributed by atoms with Crippen LogP contribution < -0.4 is 15.9 Å². The Morgan fingerprint density at radius 3 is 2.49 bits per heavy atom. The predicted octanol–water partition coefficient (Wildman–Crippen LogP) is 2.95. The topological polar surface area (TPSA) is 207 Å². The first-order valence-corrected chi connectivity index (χ1v) is 14.1. The Balaban J connectivity index is 1.54. The van der Waals surface area contributed by atoms with E-state index in [1.165, 1.54) is 54.6 Å². The van der Waals surface area contributed by atoms with Gasteiger partial charge in [-0.15, -0.1) is 5.75 Å². The summed E-state index contributed by atoms with van der Waals surface area (Å²) in [5, 5.41) is 34.5. The van der Waals surface area contributed by atoms with E-state index in [2.05, 4.69) is 9.84 Å². The van der Waals surface area contributed by atoms with Crippen LogP contribution in [0.2, 0.25) is 0 Å². The lowest BCUT2D eigenvalue weighted by Gasteiger charge is -2.18. The molecule has 0 saturated heterocycles. The minimum atomic E-state index is -4.63. The molecule has 0 radical (unpaired) electrons. The fourth-order valence-corrected chi connectivity index (χ4v) is 4.92. The molecular weight excluding hydrogens is 557 g/mol. The number of rotatable bonds is 12. The molecule has 1 aliphatic heterocycles. The second kappa shape index (κ2) is 12.6. The molecule has 1 aliphatic carbocycles. The van der Waals surface area contributed by atoms with Crippen molar-refractivity contribution in [2.45, 2.75) is 19.3 Å². The number of nitrogens with one attached hydrogen (secondary N) is 1. The van der Waals surface area contributed by atoms with Gasteiger partial charge in [0.05, 0.1) is 12.2 Å². The van der Waals surface area contributed by atoms with Crippen LogP contribution in [0.25, 0.3) is 33.4 Å². The van der Waals surface area contributed by atoms with Gasteiger partial charge in [-0.05, 0) is 48.7 Å². The lowest BCUT2D eigenvalue weighted by atomic mass is 9.90. The molecular formula is C28H27NO11P-. The third-order valence-electron chi connectivity index (χ3n) is 6.51. The lowest BCUT2D eigenvalue weighted by Crippen LogP contribution is -2.25. The number of hydrogen-bond donors (Lipinski definition) is 5. The Labute approximate surface area is 233 Å². The summed E-state index contributed by atoms with van der Waals surface area (Å²) in [4.78, 5) is 54.7. The molecule has 1 unspecified atom stereocenters. The van der Waals surface area contributed by atoms with Crippen LogP contribution in [0.3, 0.4) is 0 Å². The van der Waals surface area contributed by atoms with E-state index in [0.717, 1.165) is 0 Å². The van der Waals surface area contributed by atoms with Gasteiger partial charge in [0, 0.05) is 47.2 Å². The highest BCUT2D eigenvalue weighted by molar-refractivity contribution is 7.46. The average Bonchev–Trinajstić information content (AvgIpc) is 2.92. The predicted molar refractivity (Wildman–Crippen MR) is 146 cm³/mol. The zero-order valence-electron chi connectivity index (χ0n) is 21.6. The van der Waals surface area contributed by atoms with E-state index in [1.54, 1.807) is 0 Å². The number of carbonyl (C=O) groups excluding carboxylic acids is 1.